The van der Waals surface area contributed by atoms with Gasteiger partial charge < -0.3 is 21.4 Å². The first-order valence-corrected chi connectivity index (χ1v) is 5.94. The standard InChI is InChI=1S/C12H16N4S/c1-14-12(17)16-9-2-3-11-10(6-9)8(4-5-13)7-15-11/h2-3,6-7,15H,4-5,13H2,1H3,(H2,14,16,17). The topological polar surface area (TPSA) is 65.9 Å². The van der Waals surface area contributed by atoms with Crippen LogP contribution in [-0.2, 0) is 6.42 Å². The van der Waals surface area contributed by atoms with Gasteiger partial charge in [0.25, 0.3) is 0 Å². The summed E-state index contributed by atoms with van der Waals surface area (Å²) in [6.45, 7) is 0.652. The molecule has 0 aliphatic rings. The molecule has 0 spiro atoms. The molecule has 17 heavy (non-hydrogen) atoms. The summed E-state index contributed by atoms with van der Waals surface area (Å²) >= 11 is 5.07. The van der Waals surface area contributed by atoms with E-state index >= 15 is 0 Å². The number of aromatic amines is 1. The molecule has 0 aliphatic heterocycles. The van der Waals surface area contributed by atoms with Gasteiger partial charge in [-0.1, -0.05) is 0 Å². The Morgan fingerprint density at radius 2 is 2.29 bits per heavy atom. The fourth-order valence-corrected chi connectivity index (χ4v) is 1.93. The number of nitrogens with one attached hydrogen (secondary N) is 3. The molecule has 1 aromatic carbocycles. The number of anilines is 1. The van der Waals surface area contributed by atoms with Crippen LogP contribution in [0.5, 0.6) is 0 Å². The third-order valence-electron chi connectivity index (χ3n) is 2.67. The van der Waals surface area contributed by atoms with Gasteiger partial charge in [-0.3, -0.25) is 0 Å². The van der Waals surface area contributed by atoms with Crippen molar-refractivity contribution in [3.8, 4) is 0 Å². The minimum absolute atomic E-state index is 0.611. The number of aromatic nitrogens is 1. The van der Waals surface area contributed by atoms with E-state index in [9.17, 15) is 0 Å². The molecule has 2 aromatic rings. The van der Waals surface area contributed by atoms with Gasteiger partial charge >= 0.3 is 0 Å². The molecular weight excluding hydrogens is 232 g/mol. The molecule has 1 aromatic heterocycles. The quantitative estimate of drug-likeness (QED) is 0.623. The van der Waals surface area contributed by atoms with Crippen LogP contribution < -0.4 is 16.4 Å². The van der Waals surface area contributed by atoms with E-state index in [1.165, 1.54) is 10.9 Å². The number of thiocarbonyl (C=S) groups is 1. The second-order valence-electron chi connectivity index (χ2n) is 3.82. The summed E-state index contributed by atoms with van der Waals surface area (Å²) in [5.41, 5.74) is 8.93. The minimum Gasteiger partial charge on any atom is -0.366 e. The van der Waals surface area contributed by atoms with Gasteiger partial charge in [-0.25, -0.2) is 0 Å². The van der Waals surface area contributed by atoms with Crippen LogP contribution in [0.3, 0.4) is 0 Å². The second-order valence-corrected chi connectivity index (χ2v) is 4.23. The van der Waals surface area contributed by atoms with Crippen molar-refractivity contribution in [1.82, 2.24) is 10.3 Å². The Balaban J connectivity index is 2.33. The van der Waals surface area contributed by atoms with Crippen LogP contribution in [0.15, 0.2) is 24.4 Å². The van der Waals surface area contributed by atoms with E-state index < -0.39 is 0 Å². The molecule has 4 nitrogen and oxygen atoms in total. The van der Waals surface area contributed by atoms with E-state index in [2.05, 4.69) is 21.7 Å². The average molecular weight is 248 g/mol. The van der Waals surface area contributed by atoms with Gasteiger partial charge in [0.05, 0.1) is 0 Å². The smallest absolute Gasteiger partial charge is 0.170 e. The number of nitrogens with two attached hydrogens (primary N) is 1. The summed E-state index contributed by atoms with van der Waals surface area (Å²) in [7, 11) is 1.80. The summed E-state index contributed by atoms with van der Waals surface area (Å²) < 4.78 is 0. The molecule has 0 bridgehead atoms. The third kappa shape index (κ3) is 2.57. The van der Waals surface area contributed by atoms with E-state index in [-0.39, 0.29) is 0 Å². The van der Waals surface area contributed by atoms with Crippen molar-refractivity contribution in [1.29, 1.82) is 0 Å². The van der Waals surface area contributed by atoms with Crippen molar-refractivity contribution >= 4 is 33.9 Å². The molecule has 0 amide bonds. The lowest BCUT2D eigenvalue weighted by molar-refractivity contribution is 0.976. The van der Waals surface area contributed by atoms with Crippen LogP contribution in [-0.4, -0.2) is 23.7 Å². The lowest BCUT2D eigenvalue weighted by Crippen LogP contribution is -2.23. The van der Waals surface area contributed by atoms with Gasteiger partial charge in [-0.2, -0.15) is 0 Å². The van der Waals surface area contributed by atoms with Crippen LogP contribution in [0.4, 0.5) is 5.69 Å². The number of fused-ring (bicyclic) bond motifs is 1. The Hall–Kier alpha value is -1.59. The van der Waals surface area contributed by atoms with Gasteiger partial charge in [-0.05, 0) is 48.9 Å². The van der Waals surface area contributed by atoms with Crippen molar-refractivity contribution in [2.45, 2.75) is 6.42 Å². The third-order valence-corrected chi connectivity index (χ3v) is 2.97. The van der Waals surface area contributed by atoms with E-state index in [1.54, 1.807) is 7.05 Å². The molecule has 0 saturated carbocycles. The van der Waals surface area contributed by atoms with Gasteiger partial charge in [0, 0.05) is 29.8 Å². The Morgan fingerprint density at radius 3 is 3.00 bits per heavy atom. The molecular formula is C12H16N4S. The van der Waals surface area contributed by atoms with Crippen molar-refractivity contribution in [3.05, 3.63) is 30.0 Å². The zero-order valence-corrected chi connectivity index (χ0v) is 10.5. The largest absolute Gasteiger partial charge is 0.366 e. The van der Waals surface area contributed by atoms with Crippen LogP contribution in [0, 0.1) is 0 Å². The molecule has 0 atom stereocenters. The molecule has 5 heteroatoms. The summed E-state index contributed by atoms with van der Waals surface area (Å²) in [4.78, 5) is 3.24. The molecule has 90 valence electrons. The normalized spacial score (nSPS) is 10.5. The summed E-state index contributed by atoms with van der Waals surface area (Å²) in [5.74, 6) is 0. The van der Waals surface area contributed by atoms with Gasteiger partial charge in [0.1, 0.15) is 0 Å². The molecule has 0 aliphatic carbocycles. The fourth-order valence-electron chi connectivity index (χ4n) is 1.81. The van der Waals surface area contributed by atoms with E-state index in [0.717, 1.165) is 17.6 Å². The Labute approximate surface area is 106 Å². The van der Waals surface area contributed by atoms with E-state index in [1.807, 2.05) is 18.3 Å². The Kier molecular flexibility index (Phi) is 3.61. The van der Waals surface area contributed by atoms with Crippen LogP contribution in [0.1, 0.15) is 5.56 Å². The van der Waals surface area contributed by atoms with E-state index in [4.69, 9.17) is 18.0 Å². The molecule has 2 rings (SSSR count). The van der Waals surface area contributed by atoms with Gasteiger partial charge in [0.2, 0.25) is 0 Å². The van der Waals surface area contributed by atoms with Crippen LogP contribution >= 0.6 is 12.2 Å². The van der Waals surface area contributed by atoms with Gasteiger partial charge in [-0.15, -0.1) is 0 Å². The zero-order valence-electron chi connectivity index (χ0n) is 9.71. The predicted octanol–water partition coefficient (Wildman–Crippen LogP) is 1.59. The predicted molar refractivity (Wildman–Crippen MR) is 76.3 cm³/mol. The average Bonchev–Trinajstić information content (AvgIpc) is 2.73. The highest BCUT2D eigenvalue weighted by atomic mass is 32.1. The number of H-pyrrole nitrogens is 1. The zero-order chi connectivity index (χ0) is 12.3. The number of hydrogen-bond acceptors (Lipinski definition) is 2. The molecule has 0 radical (unpaired) electrons. The Morgan fingerprint density at radius 1 is 1.47 bits per heavy atom. The van der Waals surface area contributed by atoms with Crippen molar-refractivity contribution in [3.63, 3.8) is 0 Å². The van der Waals surface area contributed by atoms with E-state index in [0.29, 0.717) is 11.7 Å². The maximum atomic E-state index is 5.59. The van der Waals surface area contributed by atoms with Crippen molar-refractivity contribution in [2.75, 3.05) is 18.9 Å². The summed E-state index contributed by atoms with van der Waals surface area (Å²) in [6.07, 6.45) is 2.89. The lowest BCUT2D eigenvalue weighted by atomic mass is 10.1. The first-order chi connectivity index (χ1) is 8.24. The van der Waals surface area contributed by atoms with Crippen LogP contribution in [0.2, 0.25) is 0 Å². The molecule has 1 heterocycles. The highest BCUT2D eigenvalue weighted by molar-refractivity contribution is 7.80. The van der Waals surface area contributed by atoms with Crippen molar-refractivity contribution in [2.24, 2.45) is 5.73 Å². The number of hydrogen-bond donors (Lipinski definition) is 4. The fraction of sp³-hybridized carbons (Fsp3) is 0.250. The highest BCUT2D eigenvalue weighted by Crippen LogP contribution is 2.22. The number of rotatable bonds is 3. The highest BCUT2D eigenvalue weighted by Gasteiger charge is 2.04. The Bertz CT molecular complexity index is 532. The van der Waals surface area contributed by atoms with Crippen LogP contribution in [0.25, 0.3) is 10.9 Å². The van der Waals surface area contributed by atoms with Gasteiger partial charge in [0.15, 0.2) is 5.11 Å². The maximum Gasteiger partial charge on any atom is 0.170 e. The SMILES string of the molecule is CNC(=S)Nc1ccc2[nH]cc(CCN)c2c1. The first-order valence-electron chi connectivity index (χ1n) is 5.53. The molecule has 5 N–H and O–H groups in total. The minimum atomic E-state index is 0.611. The van der Waals surface area contributed by atoms with Crippen molar-refractivity contribution < 1.29 is 0 Å². The summed E-state index contributed by atoms with van der Waals surface area (Å²) in [6, 6.07) is 6.12. The summed E-state index contributed by atoms with van der Waals surface area (Å²) in [5, 5.41) is 7.81. The lowest BCUT2D eigenvalue weighted by Gasteiger charge is -2.07. The maximum absolute atomic E-state index is 5.59. The first kappa shape index (κ1) is 11.9. The second kappa shape index (κ2) is 5.16. The number of benzene rings is 1. The monoisotopic (exact) mass is 248 g/mol. The molecule has 0 fully saturated rings. The molecule has 0 saturated heterocycles. The molecule has 0 unspecified atom stereocenters.